The van der Waals surface area contributed by atoms with Crippen LogP contribution >= 0.6 is 0 Å². The number of nitro benzene ring substituents is 1. The second-order valence-electron chi connectivity index (χ2n) is 2.91. The summed E-state index contributed by atoms with van der Waals surface area (Å²) in [6, 6.07) is 2.85. The Morgan fingerprint density at radius 2 is 1.82 bits per heavy atom. The van der Waals surface area contributed by atoms with E-state index in [0.717, 1.165) is 6.07 Å². The topological polar surface area (TPSA) is 94.6 Å². The van der Waals surface area contributed by atoms with E-state index in [4.69, 9.17) is 19.5 Å². The Balaban J connectivity index is 3.68. The van der Waals surface area contributed by atoms with E-state index in [1.54, 1.807) is 6.07 Å². The first-order chi connectivity index (χ1) is 8.10. The van der Waals surface area contributed by atoms with Crippen LogP contribution in [0.15, 0.2) is 6.07 Å². The van der Waals surface area contributed by atoms with E-state index in [1.807, 2.05) is 0 Å². The predicted octanol–water partition coefficient (Wildman–Crippen LogP) is 1.49. The standard InChI is InChI=1S/C10H10N2O5/c1-15-8-4-7(12(13)14)6(5-11)9(16-2)10(8)17-3/h4H,1-3H3. The SMILES string of the molecule is COc1cc([N+](=O)[O-])c(C#N)c(OC)c1OC. The van der Waals surface area contributed by atoms with Gasteiger partial charge in [0.2, 0.25) is 5.75 Å². The maximum Gasteiger partial charge on any atom is 0.294 e. The summed E-state index contributed by atoms with van der Waals surface area (Å²) in [5.74, 6) is 0.272. The number of rotatable bonds is 4. The van der Waals surface area contributed by atoms with Gasteiger partial charge in [0.05, 0.1) is 32.3 Å². The summed E-state index contributed by atoms with van der Waals surface area (Å²) in [5.41, 5.74) is -0.586. The maximum atomic E-state index is 10.8. The zero-order chi connectivity index (χ0) is 13.0. The van der Waals surface area contributed by atoms with E-state index in [9.17, 15) is 10.1 Å². The van der Waals surface area contributed by atoms with Gasteiger partial charge in [-0.05, 0) is 0 Å². The van der Waals surface area contributed by atoms with Crippen molar-refractivity contribution in [2.24, 2.45) is 0 Å². The number of nitriles is 1. The second-order valence-corrected chi connectivity index (χ2v) is 2.91. The first kappa shape index (κ1) is 12.6. The van der Waals surface area contributed by atoms with Gasteiger partial charge in [-0.3, -0.25) is 10.1 Å². The molecule has 0 N–H and O–H groups in total. The summed E-state index contributed by atoms with van der Waals surface area (Å²) in [4.78, 5) is 10.1. The van der Waals surface area contributed by atoms with Crippen molar-refractivity contribution in [2.45, 2.75) is 0 Å². The van der Waals surface area contributed by atoms with Crippen molar-refractivity contribution < 1.29 is 19.1 Å². The van der Waals surface area contributed by atoms with Crippen molar-refractivity contribution in [3.63, 3.8) is 0 Å². The quantitative estimate of drug-likeness (QED) is 0.582. The van der Waals surface area contributed by atoms with Gasteiger partial charge in [0.25, 0.3) is 5.69 Å². The second kappa shape index (κ2) is 5.03. The van der Waals surface area contributed by atoms with Gasteiger partial charge in [0.1, 0.15) is 6.07 Å². The molecule has 0 heterocycles. The molecular formula is C10H10N2O5. The molecule has 0 aliphatic heterocycles. The van der Waals surface area contributed by atoms with E-state index in [0.29, 0.717) is 0 Å². The molecule has 0 aromatic heterocycles. The van der Waals surface area contributed by atoms with Crippen LogP contribution in [0.2, 0.25) is 0 Å². The number of ether oxygens (including phenoxy) is 3. The van der Waals surface area contributed by atoms with Crippen molar-refractivity contribution in [2.75, 3.05) is 21.3 Å². The lowest BCUT2D eigenvalue weighted by atomic mass is 10.1. The third kappa shape index (κ3) is 2.06. The molecule has 0 saturated heterocycles. The molecule has 0 aliphatic rings. The largest absolute Gasteiger partial charge is 0.492 e. The van der Waals surface area contributed by atoms with Crippen LogP contribution in [0.3, 0.4) is 0 Å². The van der Waals surface area contributed by atoms with E-state index < -0.39 is 4.92 Å². The molecular weight excluding hydrogens is 228 g/mol. The van der Waals surface area contributed by atoms with E-state index in [1.165, 1.54) is 21.3 Å². The number of benzene rings is 1. The highest BCUT2D eigenvalue weighted by Crippen LogP contribution is 2.44. The lowest BCUT2D eigenvalue weighted by Gasteiger charge is -2.12. The first-order valence-corrected chi connectivity index (χ1v) is 4.48. The average Bonchev–Trinajstić information content (AvgIpc) is 2.35. The number of hydrogen-bond acceptors (Lipinski definition) is 6. The highest BCUT2D eigenvalue weighted by atomic mass is 16.6. The van der Waals surface area contributed by atoms with Crippen LogP contribution in [0.4, 0.5) is 5.69 Å². The minimum absolute atomic E-state index is 0.0129. The van der Waals surface area contributed by atoms with Crippen LogP contribution in [0.25, 0.3) is 0 Å². The van der Waals surface area contributed by atoms with Crippen molar-refractivity contribution in [3.8, 4) is 23.3 Å². The van der Waals surface area contributed by atoms with E-state index >= 15 is 0 Å². The summed E-state index contributed by atoms with van der Waals surface area (Å²) in [7, 11) is 3.99. The molecule has 0 bridgehead atoms. The molecule has 0 saturated carbocycles. The molecule has 0 fully saturated rings. The Labute approximate surface area is 97.3 Å². The molecule has 1 aromatic rings. The zero-order valence-electron chi connectivity index (χ0n) is 9.51. The average molecular weight is 238 g/mol. The fourth-order valence-electron chi connectivity index (χ4n) is 1.40. The zero-order valence-corrected chi connectivity index (χ0v) is 9.51. The molecule has 90 valence electrons. The lowest BCUT2D eigenvalue weighted by Crippen LogP contribution is -2.01. The summed E-state index contributed by atoms with van der Waals surface area (Å²) in [5, 5.41) is 19.8. The Morgan fingerprint density at radius 3 is 2.18 bits per heavy atom. The Kier molecular flexibility index (Phi) is 3.72. The van der Waals surface area contributed by atoms with Gasteiger partial charge < -0.3 is 14.2 Å². The third-order valence-electron chi connectivity index (χ3n) is 2.12. The van der Waals surface area contributed by atoms with Crippen molar-refractivity contribution in [1.82, 2.24) is 0 Å². The molecule has 0 amide bonds. The minimum atomic E-state index is -0.678. The fourth-order valence-corrected chi connectivity index (χ4v) is 1.40. The molecule has 0 spiro atoms. The van der Waals surface area contributed by atoms with E-state index in [2.05, 4.69) is 0 Å². The van der Waals surface area contributed by atoms with Crippen molar-refractivity contribution in [3.05, 3.63) is 21.7 Å². The van der Waals surface area contributed by atoms with Crippen LogP contribution < -0.4 is 14.2 Å². The van der Waals surface area contributed by atoms with Crippen LogP contribution in [0.1, 0.15) is 5.56 Å². The molecule has 1 aromatic carbocycles. The smallest absolute Gasteiger partial charge is 0.294 e. The van der Waals surface area contributed by atoms with Gasteiger partial charge in [-0.25, -0.2) is 0 Å². The molecule has 1 rings (SSSR count). The van der Waals surface area contributed by atoms with Gasteiger partial charge >= 0.3 is 0 Å². The summed E-state index contributed by atoms with van der Waals surface area (Å²) < 4.78 is 14.9. The summed E-state index contributed by atoms with van der Waals surface area (Å²) in [6.07, 6.45) is 0. The number of nitro groups is 1. The normalized spacial score (nSPS) is 9.29. The van der Waals surface area contributed by atoms with Gasteiger partial charge in [0.15, 0.2) is 17.1 Å². The summed E-state index contributed by atoms with van der Waals surface area (Å²) >= 11 is 0. The summed E-state index contributed by atoms with van der Waals surface area (Å²) in [6.45, 7) is 0. The Morgan fingerprint density at radius 1 is 1.24 bits per heavy atom. The van der Waals surface area contributed by atoms with E-state index in [-0.39, 0.29) is 28.5 Å². The predicted molar refractivity (Wildman–Crippen MR) is 57.5 cm³/mol. The van der Waals surface area contributed by atoms with Crippen molar-refractivity contribution in [1.29, 1.82) is 5.26 Å². The van der Waals surface area contributed by atoms with Gasteiger partial charge in [-0.15, -0.1) is 0 Å². The number of methoxy groups -OCH3 is 3. The molecule has 0 radical (unpaired) electrons. The van der Waals surface area contributed by atoms with Crippen LogP contribution in [-0.4, -0.2) is 26.3 Å². The first-order valence-electron chi connectivity index (χ1n) is 4.48. The van der Waals surface area contributed by atoms with Gasteiger partial charge in [-0.2, -0.15) is 5.26 Å². The van der Waals surface area contributed by atoms with Crippen LogP contribution in [-0.2, 0) is 0 Å². The Hall–Kier alpha value is -2.49. The highest BCUT2D eigenvalue weighted by molar-refractivity contribution is 5.68. The monoisotopic (exact) mass is 238 g/mol. The van der Waals surface area contributed by atoms with Gasteiger partial charge in [0, 0.05) is 0 Å². The fraction of sp³-hybridized carbons (Fsp3) is 0.300. The molecule has 7 heteroatoms. The minimum Gasteiger partial charge on any atom is -0.492 e. The van der Waals surface area contributed by atoms with Crippen LogP contribution in [0, 0.1) is 21.4 Å². The van der Waals surface area contributed by atoms with Crippen molar-refractivity contribution >= 4 is 5.69 Å². The maximum absolute atomic E-state index is 10.8. The number of hydrogen-bond donors (Lipinski definition) is 0. The third-order valence-corrected chi connectivity index (χ3v) is 2.12. The lowest BCUT2D eigenvalue weighted by molar-refractivity contribution is -0.385. The number of nitrogens with zero attached hydrogens (tertiary/aromatic N) is 2. The van der Waals surface area contributed by atoms with Gasteiger partial charge in [-0.1, -0.05) is 0 Å². The molecule has 0 atom stereocenters. The molecule has 7 nitrogen and oxygen atoms in total. The Bertz CT molecular complexity index is 492. The highest BCUT2D eigenvalue weighted by Gasteiger charge is 2.26. The molecule has 17 heavy (non-hydrogen) atoms. The molecule has 0 aliphatic carbocycles. The van der Waals surface area contributed by atoms with Crippen LogP contribution in [0.5, 0.6) is 17.2 Å². The molecule has 0 unspecified atom stereocenters.